The Hall–Kier alpha value is -2.75. The summed E-state index contributed by atoms with van der Waals surface area (Å²) in [4.78, 5) is 34.8. The molecule has 10 heteroatoms. The maximum Gasteiger partial charge on any atom is 0.303 e. The van der Waals surface area contributed by atoms with Gasteiger partial charge >= 0.3 is 17.9 Å². The number of aryl methyl sites for hydroxylation is 1. The monoisotopic (exact) mass is 423 g/mol. The molecular formula is C19H21NO8S. The van der Waals surface area contributed by atoms with E-state index in [1.807, 2.05) is 13.0 Å². The minimum Gasteiger partial charge on any atom is -0.476 e. The van der Waals surface area contributed by atoms with Crippen LogP contribution in [-0.2, 0) is 28.6 Å². The van der Waals surface area contributed by atoms with Crippen LogP contribution in [0.2, 0.25) is 0 Å². The van der Waals surface area contributed by atoms with E-state index in [0.717, 1.165) is 11.1 Å². The van der Waals surface area contributed by atoms with E-state index in [9.17, 15) is 14.4 Å². The van der Waals surface area contributed by atoms with Crippen LogP contribution in [0.15, 0.2) is 22.7 Å². The van der Waals surface area contributed by atoms with Crippen molar-refractivity contribution in [1.82, 2.24) is 5.16 Å². The zero-order valence-corrected chi connectivity index (χ0v) is 17.2. The molecule has 1 aromatic carbocycles. The lowest BCUT2D eigenvalue weighted by Gasteiger charge is -2.39. The van der Waals surface area contributed by atoms with Crippen molar-refractivity contribution in [3.05, 3.63) is 23.9 Å². The third-order valence-corrected chi connectivity index (χ3v) is 5.39. The Labute approximate surface area is 171 Å². The molecule has 2 heterocycles. The number of fused-ring (bicyclic) bond motifs is 1. The maximum absolute atomic E-state index is 11.7. The van der Waals surface area contributed by atoms with E-state index in [0.29, 0.717) is 17.1 Å². The summed E-state index contributed by atoms with van der Waals surface area (Å²) < 4.78 is 27.3. The molecule has 0 saturated carbocycles. The van der Waals surface area contributed by atoms with E-state index >= 15 is 0 Å². The lowest BCUT2D eigenvalue weighted by Crippen LogP contribution is -2.55. The van der Waals surface area contributed by atoms with Gasteiger partial charge in [0.1, 0.15) is 5.75 Å². The first kappa shape index (κ1) is 21.0. The van der Waals surface area contributed by atoms with Crippen LogP contribution < -0.4 is 4.74 Å². The molecule has 0 bridgehead atoms. The Morgan fingerprint density at radius 3 is 2.34 bits per heavy atom. The SMILES string of the molecule is CC(=O)O[C@@H]1[C@@H](OC(C)=O)[C@H](OC(C)=O)CS[C@H]1Oc1ccc2c(C)noc2c1. The first-order chi connectivity index (χ1) is 13.7. The molecule has 29 heavy (non-hydrogen) atoms. The van der Waals surface area contributed by atoms with Gasteiger partial charge in [-0.2, -0.15) is 0 Å². The molecule has 1 fully saturated rings. The molecule has 3 rings (SSSR count). The number of carbonyl (C=O) groups is 3. The fraction of sp³-hybridized carbons (Fsp3) is 0.474. The van der Waals surface area contributed by atoms with Gasteiger partial charge in [0.25, 0.3) is 0 Å². The Morgan fingerprint density at radius 1 is 1.03 bits per heavy atom. The lowest BCUT2D eigenvalue weighted by molar-refractivity contribution is -0.186. The number of carbonyl (C=O) groups excluding carboxylic acids is 3. The van der Waals surface area contributed by atoms with Crippen LogP contribution in [-0.4, -0.2) is 52.6 Å². The summed E-state index contributed by atoms with van der Waals surface area (Å²) in [5, 5.41) is 4.77. The second-order valence-corrected chi connectivity index (χ2v) is 7.67. The molecule has 0 radical (unpaired) electrons. The Morgan fingerprint density at radius 2 is 1.69 bits per heavy atom. The molecule has 4 atom stereocenters. The summed E-state index contributed by atoms with van der Waals surface area (Å²) in [6.45, 7) is 5.56. The van der Waals surface area contributed by atoms with Crippen molar-refractivity contribution in [3.8, 4) is 5.75 Å². The van der Waals surface area contributed by atoms with Gasteiger partial charge < -0.3 is 23.5 Å². The molecule has 1 aromatic heterocycles. The maximum atomic E-state index is 11.7. The first-order valence-electron chi connectivity index (χ1n) is 8.90. The van der Waals surface area contributed by atoms with Crippen LogP contribution in [0.3, 0.4) is 0 Å². The van der Waals surface area contributed by atoms with Gasteiger partial charge in [0.05, 0.1) is 5.69 Å². The molecule has 9 nitrogen and oxygen atoms in total. The van der Waals surface area contributed by atoms with Crippen LogP contribution >= 0.6 is 11.8 Å². The fourth-order valence-corrected chi connectivity index (χ4v) is 4.28. The van der Waals surface area contributed by atoms with E-state index in [1.54, 1.807) is 12.1 Å². The van der Waals surface area contributed by atoms with Crippen molar-refractivity contribution >= 4 is 40.6 Å². The van der Waals surface area contributed by atoms with Gasteiger partial charge in [-0.05, 0) is 19.1 Å². The summed E-state index contributed by atoms with van der Waals surface area (Å²) in [6, 6.07) is 5.24. The van der Waals surface area contributed by atoms with Crippen molar-refractivity contribution < 1.29 is 37.9 Å². The van der Waals surface area contributed by atoms with Crippen molar-refractivity contribution in [2.45, 2.75) is 51.4 Å². The summed E-state index contributed by atoms with van der Waals surface area (Å²) in [5.74, 6) is -0.931. The molecule has 0 amide bonds. The Balaban J connectivity index is 1.87. The second kappa shape index (κ2) is 8.73. The normalized spacial score (nSPS) is 24.0. The highest BCUT2D eigenvalue weighted by atomic mass is 32.2. The second-order valence-electron chi connectivity index (χ2n) is 6.54. The fourth-order valence-electron chi connectivity index (χ4n) is 3.06. The zero-order chi connectivity index (χ0) is 21.1. The number of esters is 3. The van der Waals surface area contributed by atoms with Gasteiger partial charge in [-0.15, -0.1) is 11.8 Å². The molecule has 2 aromatic rings. The van der Waals surface area contributed by atoms with E-state index in [-0.39, 0.29) is 0 Å². The van der Waals surface area contributed by atoms with E-state index in [2.05, 4.69) is 5.16 Å². The minimum absolute atomic E-state index is 0.295. The van der Waals surface area contributed by atoms with Gasteiger partial charge in [0, 0.05) is 38.0 Å². The number of thioether (sulfide) groups is 1. The quantitative estimate of drug-likeness (QED) is 0.524. The minimum atomic E-state index is -0.997. The van der Waals surface area contributed by atoms with Crippen LogP contribution in [0.25, 0.3) is 11.0 Å². The number of nitrogens with zero attached hydrogens (tertiary/aromatic N) is 1. The van der Waals surface area contributed by atoms with Crippen LogP contribution in [0.1, 0.15) is 26.5 Å². The molecule has 0 spiro atoms. The Kier molecular flexibility index (Phi) is 6.31. The lowest BCUT2D eigenvalue weighted by atomic mass is 10.1. The molecule has 1 aliphatic heterocycles. The van der Waals surface area contributed by atoms with Crippen molar-refractivity contribution in [2.24, 2.45) is 0 Å². The molecule has 1 saturated heterocycles. The van der Waals surface area contributed by atoms with Crippen LogP contribution in [0.5, 0.6) is 5.75 Å². The highest BCUT2D eigenvalue weighted by Gasteiger charge is 2.47. The van der Waals surface area contributed by atoms with Gasteiger partial charge in [0.15, 0.2) is 29.3 Å². The standard InChI is InChI=1S/C19H21NO8S/c1-9-14-6-5-13(7-15(14)28-20-9)27-19-18(26-12(4)23)17(25-11(3)22)16(8-29-19)24-10(2)21/h5-7,16-19H,8H2,1-4H3/t16-,17+,18-,19-/m1/s1. The number of aromatic nitrogens is 1. The first-order valence-corrected chi connectivity index (χ1v) is 9.95. The number of ether oxygens (including phenoxy) is 4. The number of hydrogen-bond donors (Lipinski definition) is 0. The smallest absolute Gasteiger partial charge is 0.303 e. The van der Waals surface area contributed by atoms with Gasteiger partial charge in [0.2, 0.25) is 0 Å². The van der Waals surface area contributed by atoms with E-state index < -0.39 is 41.7 Å². The van der Waals surface area contributed by atoms with Crippen LogP contribution in [0, 0.1) is 6.92 Å². The third-order valence-electron chi connectivity index (χ3n) is 4.18. The highest BCUT2D eigenvalue weighted by Crippen LogP contribution is 2.35. The van der Waals surface area contributed by atoms with E-state index in [1.165, 1.54) is 32.5 Å². The number of hydrogen-bond acceptors (Lipinski definition) is 10. The molecule has 0 aliphatic carbocycles. The molecular weight excluding hydrogens is 402 g/mol. The zero-order valence-electron chi connectivity index (χ0n) is 16.4. The van der Waals surface area contributed by atoms with Crippen molar-refractivity contribution in [2.75, 3.05) is 5.75 Å². The molecule has 1 aliphatic rings. The summed E-state index contributed by atoms with van der Waals surface area (Å²) >= 11 is 1.29. The van der Waals surface area contributed by atoms with E-state index in [4.69, 9.17) is 23.5 Å². The highest BCUT2D eigenvalue weighted by molar-refractivity contribution is 7.99. The van der Waals surface area contributed by atoms with Crippen molar-refractivity contribution in [1.29, 1.82) is 0 Å². The Bertz CT molecular complexity index is 926. The average Bonchev–Trinajstić information content (AvgIpc) is 2.99. The summed E-state index contributed by atoms with van der Waals surface area (Å²) in [5.41, 5.74) is 0.617. The average molecular weight is 423 g/mol. The van der Waals surface area contributed by atoms with Gasteiger partial charge in [-0.25, -0.2) is 0 Å². The van der Waals surface area contributed by atoms with Gasteiger partial charge in [-0.3, -0.25) is 14.4 Å². The topological polar surface area (TPSA) is 114 Å². The molecule has 0 unspecified atom stereocenters. The summed E-state index contributed by atoms with van der Waals surface area (Å²) in [7, 11) is 0. The van der Waals surface area contributed by atoms with Gasteiger partial charge in [-0.1, -0.05) is 5.16 Å². The molecule has 156 valence electrons. The largest absolute Gasteiger partial charge is 0.476 e. The summed E-state index contributed by atoms with van der Waals surface area (Å²) in [6.07, 6.45) is -2.75. The number of rotatable bonds is 5. The predicted molar refractivity (Wildman–Crippen MR) is 102 cm³/mol. The number of benzene rings is 1. The molecule has 0 N–H and O–H groups in total. The third kappa shape index (κ3) is 5.00. The van der Waals surface area contributed by atoms with Crippen molar-refractivity contribution in [3.63, 3.8) is 0 Å². The predicted octanol–water partition coefficient (Wildman–Crippen LogP) is 2.38. The van der Waals surface area contributed by atoms with Crippen LogP contribution in [0.4, 0.5) is 0 Å².